The third kappa shape index (κ3) is 3.86. The zero-order valence-electron chi connectivity index (χ0n) is 11.8. The van der Waals surface area contributed by atoms with Gasteiger partial charge in [0.05, 0.1) is 6.04 Å². The van der Waals surface area contributed by atoms with Crippen LogP contribution in [0.25, 0.3) is 0 Å². The number of nitrogens with zero attached hydrogens (tertiary/aromatic N) is 1. The third-order valence-corrected chi connectivity index (χ3v) is 3.20. The van der Waals surface area contributed by atoms with Gasteiger partial charge in [0, 0.05) is 25.2 Å². The van der Waals surface area contributed by atoms with E-state index in [4.69, 9.17) is 0 Å². The fraction of sp³-hybridized carbons (Fsp3) is 0.500. The van der Waals surface area contributed by atoms with Gasteiger partial charge in [-0.15, -0.1) is 0 Å². The molecule has 0 bridgehead atoms. The maximum Gasteiger partial charge on any atom is 0.239 e. The first-order chi connectivity index (χ1) is 8.86. The second-order valence-corrected chi connectivity index (χ2v) is 4.71. The van der Waals surface area contributed by atoms with Gasteiger partial charge in [-0.1, -0.05) is 0 Å². The van der Waals surface area contributed by atoms with Crippen LogP contribution in [-0.4, -0.2) is 40.7 Å². The van der Waals surface area contributed by atoms with E-state index in [2.05, 4.69) is 5.32 Å². The fourth-order valence-corrected chi connectivity index (χ4v) is 1.91. The lowest BCUT2D eigenvalue weighted by atomic mass is 10.1. The predicted octanol–water partition coefficient (Wildman–Crippen LogP) is 1.62. The summed E-state index contributed by atoms with van der Waals surface area (Å²) in [6, 6.07) is 3.75. The molecule has 1 aromatic carbocycles. The first-order valence-electron chi connectivity index (χ1n) is 6.39. The predicted molar refractivity (Wildman–Crippen MR) is 74.1 cm³/mol. The van der Waals surface area contributed by atoms with E-state index in [0.717, 1.165) is 0 Å². The number of hydrogen-bond acceptors (Lipinski definition) is 4. The summed E-state index contributed by atoms with van der Waals surface area (Å²) in [6.07, 6.45) is 0. The molecule has 0 aliphatic rings. The molecular weight excluding hydrogens is 244 g/mol. The Morgan fingerprint density at radius 3 is 2.58 bits per heavy atom. The summed E-state index contributed by atoms with van der Waals surface area (Å²) >= 11 is 0. The summed E-state index contributed by atoms with van der Waals surface area (Å²) in [5.41, 5.74) is 0.568. The van der Waals surface area contributed by atoms with Gasteiger partial charge in [-0.2, -0.15) is 0 Å². The normalized spacial score (nSPS) is 13.9. The van der Waals surface area contributed by atoms with Gasteiger partial charge in [0.1, 0.15) is 11.5 Å². The van der Waals surface area contributed by atoms with Crippen molar-refractivity contribution in [3.63, 3.8) is 0 Å². The Morgan fingerprint density at radius 1 is 1.37 bits per heavy atom. The number of carbonyl (C=O) groups excluding carboxylic acids is 1. The molecule has 3 N–H and O–H groups in total. The zero-order chi connectivity index (χ0) is 14.6. The quantitative estimate of drug-likeness (QED) is 0.708. The Kier molecular flexibility index (Phi) is 5.18. The molecule has 0 aromatic heterocycles. The molecule has 0 aliphatic heterocycles. The lowest BCUT2D eigenvalue weighted by Crippen LogP contribution is -2.43. The number of likely N-dealkylation sites (N-methyl/N-ethyl adjacent to an activating group) is 1. The molecule has 1 amide bonds. The van der Waals surface area contributed by atoms with Crippen molar-refractivity contribution in [3.8, 4) is 11.5 Å². The maximum absolute atomic E-state index is 11.9. The molecule has 0 saturated carbocycles. The Morgan fingerprint density at radius 2 is 2.00 bits per heavy atom. The van der Waals surface area contributed by atoms with E-state index in [1.54, 1.807) is 18.9 Å². The lowest BCUT2D eigenvalue weighted by molar-refractivity contribution is -0.131. The van der Waals surface area contributed by atoms with Crippen LogP contribution in [0.2, 0.25) is 0 Å². The Balaban J connectivity index is 2.76. The number of benzene rings is 1. The van der Waals surface area contributed by atoms with E-state index in [-0.39, 0.29) is 29.5 Å². The summed E-state index contributed by atoms with van der Waals surface area (Å²) in [4.78, 5) is 13.6. The smallest absolute Gasteiger partial charge is 0.239 e. The number of nitrogens with one attached hydrogen (secondary N) is 1. The molecule has 0 fully saturated rings. The molecule has 0 spiro atoms. The molecule has 0 aliphatic carbocycles. The van der Waals surface area contributed by atoms with Gasteiger partial charge in [0.2, 0.25) is 5.91 Å². The van der Waals surface area contributed by atoms with Crippen molar-refractivity contribution < 1.29 is 15.0 Å². The van der Waals surface area contributed by atoms with Crippen molar-refractivity contribution in [1.29, 1.82) is 0 Å². The Bertz CT molecular complexity index is 448. The summed E-state index contributed by atoms with van der Waals surface area (Å²) in [5, 5.41) is 22.3. The molecule has 1 rings (SSSR count). The molecule has 19 heavy (non-hydrogen) atoms. The number of amides is 1. The van der Waals surface area contributed by atoms with Crippen LogP contribution >= 0.6 is 0 Å². The highest BCUT2D eigenvalue weighted by atomic mass is 16.3. The first kappa shape index (κ1) is 15.3. The summed E-state index contributed by atoms with van der Waals surface area (Å²) < 4.78 is 0. The maximum atomic E-state index is 11.9. The van der Waals surface area contributed by atoms with E-state index in [1.165, 1.54) is 18.2 Å². The van der Waals surface area contributed by atoms with Crippen LogP contribution in [0.5, 0.6) is 11.5 Å². The minimum absolute atomic E-state index is 0.00556. The molecule has 0 saturated heterocycles. The van der Waals surface area contributed by atoms with Crippen molar-refractivity contribution in [3.05, 3.63) is 23.8 Å². The number of phenolic OH excluding ortho intramolecular Hbond substituents is 2. The standard InChI is InChI=1S/C14H22N2O3/c1-5-16(4)14(19)10(3)15-9(2)12-8-11(17)6-7-13(12)18/h6-10,15,17-18H,5H2,1-4H3. The minimum atomic E-state index is -0.360. The van der Waals surface area contributed by atoms with Gasteiger partial charge in [-0.25, -0.2) is 0 Å². The summed E-state index contributed by atoms with van der Waals surface area (Å²) in [6.45, 7) is 6.18. The molecule has 0 radical (unpaired) electrons. The molecule has 2 atom stereocenters. The average molecular weight is 266 g/mol. The topological polar surface area (TPSA) is 72.8 Å². The largest absolute Gasteiger partial charge is 0.508 e. The van der Waals surface area contributed by atoms with Crippen LogP contribution in [0.1, 0.15) is 32.4 Å². The minimum Gasteiger partial charge on any atom is -0.508 e. The van der Waals surface area contributed by atoms with Gasteiger partial charge in [-0.05, 0) is 39.0 Å². The van der Waals surface area contributed by atoms with Crippen LogP contribution in [-0.2, 0) is 4.79 Å². The van der Waals surface area contributed by atoms with Gasteiger partial charge in [0.15, 0.2) is 0 Å². The number of rotatable bonds is 5. The zero-order valence-corrected chi connectivity index (χ0v) is 11.8. The molecule has 1 aromatic rings. The van der Waals surface area contributed by atoms with Gasteiger partial charge in [0.25, 0.3) is 0 Å². The van der Waals surface area contributed by atoms with Crippen molar-refractivity contribution >= 4 is 5.91 Å². The van der Waals surface area contributed by atoms with E-state index in [0.29, 0.717) is 12.1 Å². The second-order valence-electron chi connectivity index (χ2n) is 4.71. The van der Waals surface area contributed by atoms with E-state index in [1.807, 2.05) is 13.8 Å². The van der Waals surface area contributed by atoms with Crippen LogP contribution < -0.4 is 5.32 Å². The molecular formula is C14H22N2O3. The van der Waals surface area contributed by atoms with Crippen molar-refractivity contribution in [2.45, 2.75) is 32.9 Å². The molecule has 0 heterocycles. The highest BCUT2D eigenvalue weighted by molar-refractivity contribution is 5.81. The number of hydrogen-bond donors (Lipinski definition) is 3. The fourth-order valence-electron chi connectivity index (χ4n) is 1.91. The van der Waals surface area contributed by atoms with Crippen LogP contribution in [0.4, 0.5) is 0 Å². The molecule has 5 heteroatoms. The van der Waals surface area contributed by atoms with Gasteiger partial charge in [-0.3, -0.25) is 10.1 Å². The average Bonchev–Trinajstić information content (AvgIpc) is 2.39. The highest BCUT2D eigenvalue weighted by Gasteiger charge is 2.20. The van der Waals surface area contributed by atoms with Crippen molar-refractivity contribution in [2.24, 2.45) is 0 Å². The lowest BCUT2D eigenvalue weighted by Gasteiger charge is -2.24. The van der Waals surface area contributed by atoms with Crippen LogP contribution in [0.15, 0.2) is 18.2 Å². The van der Waals surface area contributed by atoms with Gasteiger partial charge < -0.3 is 15.1 Å². The molecule has 5 nitrogen and oxygen atoms in total. The highest BCUT2D eigenvalue weighted by Crippen LogP contribution is 2.27. The van der Waals surface area contributed by atoms with Crippen molar-refractivity contribution in [1.82, 2.24) is 10.2 Å². The monoisotopic (exact) mass is 266 g/mol. The summed E-state index contributed by atoms with van der Waals surface area (Å²) in [7, 11) is 1.75. The Hall–Kier alpha value is -1.75. The first-order valence-corrected chi connectivity index (χ1v) is 6.39. The number of phenols is 2. The van der Waals surface area contributed by atoms with Crippen molar-refractivity contribution in [2.75, 3.05) is 13.6 Å². The number of carbonyl (C=O) groups is 1. The third-order valence-electron chi connectivity index (χ3n) is 3.20. The van der Waals surface area contributed by atoms with E-state index in [9.17, 15) is 15.0 Å². The Labute approximate surface area is 113 Å². The number of aromatic hydroxyl groups is 2. The molecule has 2 unspecified atom stereocenters. The molecule has 106 valence electrons. The second kappa shape index (κ2) is 6.43. The van der Waals surface area contributed by atoms with Crippen LogP contribution in [0.3, 0.4) is 0 Å². The van der Waals surface area contributed by atoms with Crippen LogP contribution in [0, 0.1) is 0 Å². The summed E-state index contributed by atoms with van der Waals surface area (Å²) in [5.74, 6) is 0.182. The van der Waals surface area contributed by atoms with E-state index < -0.39 is 0 Å². The SMILES string of the molecule is CCN(C)C(=O)C(C)NC(C)c1cc(O)ccc1O. The van der Waals surface area contributed by atoms with E-state index >= 15 is 0 Å². The van der Waals surface area contributed by atoms with Gasteiger partial charge >= 0.3 is 0 Å².